The minimum Gasteiger partial charge on any atom is -0.368 e. The largest absolute Gasteiger partial charge is 0.419 e. The van der Waals surface area contributed by atoms with E-state index in [9.17, 15) is 22.8 Å². The molecule has 3 heterocycles. The highest BCUT2D eigenvalue weighted by Crippen LogP contribution is 2.35. The van der Waals surface area contributed by atoms with E-state index in [1.807, 2.05) is 0 Å². The van der Waals surface area contributed by atoms with Gasteiger partial charge in [-0.05, 0) is 31.2 Å². The Labute approximate surface area is 192 Å². The van der Waals surface area contributed by atoms with Crippen LogP contribution >= 0.6 is 11.6 Å². The average Bonchev–Trinajstić information content (AvgIpc) is 3.16. The van der Waals surface area contributed by atoms with Gasteiger partial charge >= 0.3 is 6.18 Å². The number of anilines is 1. The van der Waals surface area contributed by atoms with Gasteiger partial charge in [-0.3, -0.25) is 9.59 Å². The molecule has 1 saturated heterocycles. The molecule has 4 rings (SSSR count). The molecule has 11 heteroatoms. The van der Waals surface area contributed by atoms with Gasteiger partial charge in [0.1, 0.15) is 11.9 Å². The molecule has 0 spiro atoms. The van der Waals surface area contributed by atoms with Crippen molar-refractivity contribution < 1.29 is 22.8 Å². The predicted molar refractivity (Wildman–Crippen MR) is 118 cm³/mol. The normalized spacial score (nSPS) is 15.7. The summed E-state index contributed by atoms with van der Waals surface area (Å²) >= 11 is 6.12. The molecule has 174 valence electrons. The molecule has 2 N–H and O–H groups in total. The summed E-state index contributed by atoms with van der Waals surface area (Å²) in [7, 11) is 0. The Morgan fingerprint density at radius 2 is 1.85 bits per heavy atom. The summed E-state index contributed by atoms with van der Waals surface area (Å²) in [5.41, 5.74) is 5.63. The number of hydrogen-bond acceptors (Lipinski definition) is 4. The highest BCUT2D eigenvalue weighted by Gasteiger charge is 2.36. The van der Waals surface area contributed by atoms with E-state index >= 15 is 0 Å². The molecule has 1 unspecified atom stereocenters. The van der Waals surface area contributed by atoms with E-state index in [2.05, 4.69) is 4.98 Å². The number of carbonyl (C=O) groups excluding carboxylic acids is 2. The van der Waals surface area contributed by atoms with Crippen molar-refractivity contribution in [3.63, 3.8) is 0 Å². The van der Waals surface area contributed by atoms with Crippen LogP contribution in [0.1, 0.15) is 28.9 Å². The number of carbonyl (C=O) groups is 2. The Hall–Kier alpha value is -3.27. The third-order valence-corrected chi connectivity index (χ3v) is 6.05. The molecular weight excluding hydrogens is 459 g/mol. The lowest BCUT2D eigenvalue weighted by Gasteiger charge is -2.36. The minimum atomic E-state index is -4.52. The number of nitrogens with two attached hydrogens (primary N) is 1. The number of primary amides is 1. The maximum atomic E-state index is 13.4. The van der Waals surface area contributed by atoms with E-state index in [1.165, 1.54) is 17.2 Å². The van der Waals surface area contributed by atoms with Gasteiger partial charge in [0, 0.05) is 49.0 Å². The molecule has 0 radical (unpaired) electrons. The van der Waals surface area contributed by atoms with Gasteiger partial charge in [0.2, 0.25) is 5.91 Å². The molecule has 1 aliphatic rings. The van der Waals surface area contributed by atoms with Crippen molar-refractivity contribution in [2.75, 3.05) is 31.1 Å². The standard InChI is InChI=1S/C22H21ClF3N5O2/c1-13(19(27)32)31-12-16(15-5-4-14(23)11-18(15)31)21(33)30-9-7-29(8-10-30)20-17(22(24,25)26)3-2-6-28-20/h2-6,11-13H,7-10H2,1H3,(H2,27,32). The molecule has 33 heavy (non-hydrogen) atoms. The minimum absolute atomic E-state index is 0.140. The summed E-state index contributed by atoms with van der Waals surface area (Å²) in [6.07, 6.45) is -1.62. The lowest BCUT2D eigenvalue weighted by molar-refractivity contribution is -0.137. The van der Waals surface area contributed by atoms with E-state index in [1.54, 1.807) is 40.8 Å². The lowest BCUT2D eigenvalue weighted by Crippen LogP contribution is -2.49. The van der Waals surface area contributed by atoms with Gasteiger partial charge in [-0.2, -0.15) is 13.2 Å². The summed E-state index contributed by atoms with van der Waals surface area (Å²) in [4.78, 5) is 32.1. The van der Waals surface area contributed by atoms with Crippen LogP contribution in [-0.4, -0.2) is 52.4 Å². The van der Waals surface area contributed by atoms with Gasteiger partial charge in [-0.1, -0.05) is 17.7 Å². The van der Waals surface area contributed by atoms with Crippen LogP contribution in [0.15, 0.2) is 42.7 Å². The molecule has 1 aliphatic heterocycles. The van der Waals surface area contributed by atoms with Crippen LogP contribution in [0.5, 0.6) is 0 Å². The lowest BCUT2D eigenvalue weighted by atomic mass is 10.1. The molecular formula is C22H21ClF3N5O2. The van der Waals surface area contributed by atoms with Gasteiger partial charge in [-0.25, -0.2) is 4.98 Å². The van der Waals surface area contributed by atoms with Crippen molar-refractivity contribution in [2.24, 2.45) is 5.73 Å². The molecule has 0 aliphatic carbocycles. The fourth-order valence-corrected chi connectivity index (χ4v) is 4.18. The fraction of sp³-hybridized carbons (Fsp3) is 0.318. The van der Waals surface area contributed by atoms with Crippen molar-refractivity contribution >= 4 is 40.1 Å². The van der Waals surface area contributed by atoms with Gasteiger partial charge in [0.25, 0.3) is 5.91 Å². The second kappa shape index (κ2) is 8.58. The second-order valence-electron chi connectivity index (χ2n) is 7.84. The first-order chi connectivity index (χ1) is 15.6. The summed E-state index contributed by atoms with van der Waals surface area (Å²) in [6, 6.07) is 6.56. The monoisotopic (exact) mass is 479 g/mol. The Kier molecular flexibility index (Phi) is 5.96. The topological polar surface area (TPSA) is 84.5 Å². The molecule has 2 aromatic heterocycles. The first kappa shape index (κ1) is 22.9. The number of piperazine rings is 1. The molecule has 1 aromatic carbocycles. The summed E-state index contributed by atoms with van der Waals surface area (Å²) in [6.45, 7) is 2.47. The molecule has 1 atom stereocenters. The number of fused-ring (bicyclic) bond motifs is 1. The number of halogens is 4. The summed E-state index contributed by atoms with van der Waals surface area (Å²) in [5, 5.41) is 1.06. The van der Waals surface area contributed by atoms with Gasteiger partial charge in [-0.15, -0.1) is 0 Å². The smallest absolute Gasteiger partial charge is 0.368 e. The Balaban J connectivity index is 1.59. The number of nitrogens with zero attached hydrogens (tertiary/aromatic N) is 4. The maximum absolute atomic E-state index is 13.4. The third-order valence-electron chi connectivity index (χ3n) is 5.81. The Morgan fingerprint density at radius 3 is 2.48 bits per heavy atom. The molecule has 3 aromatic rings. The summed E-state index contributed by atoms with van der Waals surface area (Å²) in [5.74, 6) is -0.983. The fourth-order valence-electron chi connectivity index (χ4n) is 4.01. The van der Waals surface area contributed by atoms with Crippen LogP contribution in [0.4, 0.5) is 19.0 Å². The van der Waals surface area contributed by atoms with Crippen LogP contribution in [-0.2, 0) is 11.0 Å². The van der Waals surface area contributed by atoms with Gasteiger partial charge in [0.05, 0.1) is 16.6 Å². The van der Waals surface area contributed by atoms with Crippen molar-refractivity contribution in [3.8, 4) is 0 Å². The molecule has 1 fully saturated rings. The Morgan fingerprint density at radius 1 is 1.15 bits per heavy atom. The highest BCUT2D eigenvalue weighted by atomic mass is 35.5. The zero-order valence-electron chi connectivity index (χ0n) is 17.6. The number of aromatic nitrogens is 2. The average molecular weight is 480 g/mol. The van der Waals surface area contributed by atoms with Crippen molar-refractivity contribution in [2.45, 2.75) is 19.1 Å². The van der Waals surface area contributed by atoms with Crippen LogP contribution in [0.3, 0.4) is 0 Å². The molecule has 0 saturated carbocycles. The van der Waals surface area contributed by atoms with E-state index in [0.29, 0.717) is 21.5 Å². The number of pyridine rings is 1. The maximum Gasteiger partial charge on any atom is 0.419 e. The van der Waals surface area contributed by atoms with E-state index in [-0.39, 0.29) is 37.9 Å². The van der Waals surface area contributed by atoms with Crippen LogP contribution in [0.25, 0.3) is 10.9 Å². The number of alkyl halides is 3. The quantitative estimate of drug-likeness (QED) is 0.618. The summed E-state index contributed by atoms with van der Waals surface area (Å²) < 4.78 is 41.7. The predicted octanol–water partition coefficient (Wildman–Crippen LogP) is 3.72. The van der Waals surface area contributed by atoms with Gasteiger partial charge in [0.15, 0.2) is 0 Å². The van der Waals surface area contributed by atoms with E-state index in [0.717, 1.165) is 6.07 Å². The van der Waals surface area contributed by atoms with Crippen molar-refractivity contribution in [3.05, 3.63) is 58.9 Å². The van der Waals surface area contributed by atoms with Crippen molar-refractivity contribution in [1.29, 1.82) is 0 Å². The van der Waals surface area contributed by atoms with Gasteiger partial charge < -0.3 is 20.1 Å². The molecule has 7 nitrogen and oxygen atoms in total. The number of benzene rings is 1. The number of rotatable bonds is 4. The molecule has 0 bridgehead atoms. The Bertz CT molecular complexity index is 1220. The third kappa shape index (κ3) is 4.35. The highest BCUT2D eigenvalue weighted by molar-refractivity contribution is 6.31. The van der Waals surface area contributed by atoms with Crippen molar-refractivity contribution in [1.82, 2.24) is 14.5 Å². The first-order valence-electron chi connectivity index (χ1n) is 10.2. The zero-order chi connectivity index (χ0) is 23.9. The van der Waals surface area contributed by atoms with Crippen LogP contribution in [0, 0.1) is 0 Å². The van der Waals surface area contributed by atoms with Crippen LogP contribution < -0.4 is 10.6 Å². The first-order valence-corrected chi connectivity index (χ1v) is 10.6. The number of amides is 2. The second-order valence-corrected chi connectivity index (χ2v) is 8.28. The van der Waals surface area contributed by atoms with E-state index < -0.39 is 23.7 Å². The van der Waals surface area contributed by atoms with E-state index in [4.69, 9.17) is 17.3 Å². The van der Waals surface area contributed by atoms with Crippen LogP contribution in [0.2, 0.25) is 5.02 Å². The molecule has 2 amide bonds. The number of hydrogen-bond donors (Lipinski definition) is 1. The zero-order valence-corrected chi connectivity index (χ0v) is 18.4. The SMILES string of the molecule is CC(C(N)=O)n1cc(C(=O)N2CCN(c3ncccc3C(F)(F)F)CC2)c2ccc(Cl)cc21.